The van der Waals surface area contributed by atoms with E-state index in [0.717, 1.165) is 50.2 Å². The van der Waals surface area contributed by atoms with Crippen molar-refractivity contribution in [1.82, 2.24) is 0 Å². The number of allylic oxidation sites excluding steroid dienone is 2. The molecule has 0 radical (unpaired) electrons. The number of carboxylic acid groups (broad SMARTS) is 2. The Labute approximate surface area is 247 Å². The van der Waals surface area contributed by atoms with Crippen LogP contribution in [0.15, 0.2) is 95.0 Å². The maximum absolute atomic E-state index is 15.8. The largest absolute Gasteiger partial charge is 0.480 e. The molecule has 2 aromatic carbocycles. The van der Waals surface area contributed by atoms with Gasteiger partial charge in [0.1, 0.15) is 0 Å². The molecule has 0 heterocycles. The molecule has 0 bridgehead atoms. The lowest BCUT2D eigenvalue weighted by Crippen LogP contribution is -2.51. The summed E-state index contributed by atoms with van der Waals surface area (Å²) >= 11 is 0. The number of rotatable bonds is 8. The van der Waals surface area contributed by atoms with Gasteiger partial charge in [0.25, 0.3) is 0 Å². The first kappa shape index (κ1) is 32.4. The van der Waals surface area contributed by atoms with Gasteiger partial charge in [0.2, 0.25) is 23.3 Å². The standard InChI is InChI=1S/C28H18F6N2O9/c1-11-7-3-5-9-13(11)27(35(41)42)15(25(37)38)17(29)21(19(31)23(27)33)45-22-18(30)16(26(39)40)28(36(43)44,24(34)20(22)32)14-10-6-4-8-12(14)2/h3-10,15-16H,1-2H3,(H,37,38)(H,39,40). The molecule has 0 spiro atoms. The first-order valence-electron chi connectivity index (χ1n) is 12.5. The quantitative estimate of drug-likeness (QED) is 0.198. The maximum atomic E-state index is 15.8. The number of halogens is 6. The van der Waals surface area contributed by atoms with E-state index in [0.29, 0.717) is 0 Å². The van der Waals surface area contributed by atoms with Crippen molar-refractivity contribution in [2.75, 3.05) is 0 Å². The third-order valence-electron chi connectivity index (χ3n) is 7.62. The lowest BCUT2D eigenvalue weighted by atomic mass is 9.71. The van der Waals surface area contributed by atoms with Gasteiger partial charge >= 0.3 is 23.0 Å². The van der Waals surface area contributed by atoms with Crippen LogP contribution in [0, 0.1) is 45.9 Å². The number of aryl methyl sites for hydroxylation is 2. The van der Waals surface area contributed by atoms with Gasteiger partial charge in [-0.2, -0.15) is 17.6 Å². The van der Waals surface area contributed by atoms with Crippen molar-refractivity contribution in [3.8, 4) is 0 Å². The molecule has 2 aliphatic rings. The molecule has 0 fully saturated rings. The Balaban J connectivity index is 2.02. The fourth-order valence-electron chi connectivity index (χ4n) is 5.61. The molecule has 17 heteroatoms. The molecular formula is C28H18F6N2O9. The maximum Gasteiger partial charge on any atom is 0.321 e. The molecule has 45 heavy (non-hydrogen) atoms. The number of nitrogens with zero attached hydrogens (tertiary/aromatic N) is 2. The average Bonchev–Trinajstić information content (AvgIpc) is 2.96. The van der Waals surface area contributed by atoms with Crippen LogP contribution in [0.3, 0.4) is 0 Å². The second-order valence-electron chi connectivity index (χ2n) is 9.93. The Hall–Kier alpha value is -5.48. The fraction of sp³-hybridized carbons (Fsp3) is 0.214. The molecular weight excluding hydrogens is 622 g/mol. The third-order valence-corrected chi connectivity index (χ3v) is 7.62. The molecule has 0 aromatic heterocycles. The summed E-state index contributed by atoms with van der Waals surface area (Å²) < 4.78 is 98.9. The summed E-state index contributed by atoms with van der Waals surface area (Å²) in [5.41, 5.74) is -9.71. The van der Waals surface area contributed by atoms with E-state index in [1.165, 1.54) is 12.1 Å². The van der Waals surface area contributed by atoms with Crippen LogP contribution in [0.5, 0.6) is 0 Å². The molecule has 0 amide bonds. The Morgan fingerprint density at radius 3 is 1.27 bits per heavy atom. The zero-order valence-corrected chi connectivity index (χ0v) is 22.7. The van der Waals surface area contributed by atoms with E-state index in [1.807, 2.05) is 0 Å². The summed E-state index contributed by atoms with van der Waals surface area (Å²) in [7, 11) is 0. The molecule has 4 unspecified atom stereocenters. The summed E-state index contributed by atoms with van der Waals surface area (Å²) in [6.45, 7) is 2.26. The highest BCUT2D eigenvalue weighted by Gasteiger charge is 2.69. The van der Waals surface area contributed by atoms with Crippen LogP contribution in [0.4, 0.5) is 26.3 Å². The minimum absolute atomic E-state index is 0.200. The molecule has 2 aromatic rings. The van der Waals surface area contributed by atoms with Crippen LogP contribution in [0.1, 0.15) is 22.3 Å². The van der Waals surface area contributed by atoms with Crippen molar-refractivity contribution in [3.05, 3.63) is 137 Å². The average molecular weight is 640 g/mol. The SMILES string of the molecule is Cc1ccccc1C1([N+](=O)[O-])C(F)=C(F)C(OC2=C(F)C(C(=O)O)C(c3ccccc3C)([N+](=O)[O-])C(F)=C2F)=C(F)C1C(=O)O. The van der Waals surface area contributed by atoms with Crippen LogP contribution in [-0.2, 0) is 25.4 Å². The van der Waals surface area contributed by atoms with Crippen LogP contribution in [-0.4, -0.2) is 32.0 Å². The van der Waals surface area contributed by atoms with Gasteiger partial charge in [-0.05, 0) is 25.0 Å². The van der Waals surface area contributed by atoms with Gasteiger partial charge in [0, 0.05) is 21.0 Å². The Morgan fingerprint density at radius 2 is 1.00 bits per heavy atom. The van der Waals surface area contributed by atoms with E-state index in [9.17, 15) is 40.0 Å². The van der Waals surface area contributed by atoms with Gasteiger partial charge in [0.15, 0.2) is 35.0 Å². The molecule has 0 saturated heterocycles. The Bertz CT molecular complexity index is 1690. The van der Waals surface area contributed by atoms with Gasteiger partial charge in [-0.1, -0.05) is 48.5 Å². The number of hydrogen-bond donors (Lipinski definition) is 2. The van der Waals surface area contributed by atoms with Gasteiger partial charge in [-0.25, -0.2) is 8.78 Å². The first-order chi connectivity index (χ1) is 21.0. The van der Waals surface area contributed by atoms with Gasteiger partial charge in [-0.3, -0.25) is 29.8 Å². The predicted molar refractivity (Wildman–Crippen MR) is 138 cm³/mol. The number of hydrogen-bond acceptors (Lipinski definition) is 7. The number of ether oxygens (including phenoxy) is 1. The van der Waals surface area contributed by atoms with Crippen LogP contribution in [0.25, 0.3) is 0 Å². The zero-order chi connectivity index (χ0) is 33.8. The van der Waals surface area contributed by atoms with Crippen LogP contribution in [0.2, 0.25) is 0 Å². The third kappa shape index (κ3) is 4.36. The number of carbonyl (C=O) groups is 2. The summed E-state index contributed by atoms with van der Waals surface area (Å²) in [6, 6.07) is 8.58. The van der Waals surface area contributed by atoms with E-state index in [-0.39, 0.29) is 11.1 Å². The predicted octanol–water partition coefficient (Wildman–Crippen LogP) is 6.06. The molecule has 11 nitrogen and oxygen atoms in total. The summed E-state index contributed by atoms with van der Waals surface area (Å²) in [5, 5.41) is 44.1. The Kier molecular flexibility index (Phi) is 8.09. The van der Waals surface area contributed by atoms with Crippen molar-refractivity contribution in [2.24, 2.45) is 11.8 Å². The summed E-state index contributed by atoms with van der Waals surface area (Å²) in [6.07, 6.45) is 0. The normalized spacial score (nSPS) is 25.4. The Morgan fingerprint density at radius 1 is 0.689 bits per heavy atom. The fourth-order valence-corrected chi connectivity index (χ4v) is 5.61. The minimum Gasteiger partial charge on any atom is -0.480 e. The molecule has 4 rings (SSSR count). The van der Waals surface area contributed by atoms with Crippen molar-refractivity contribution in [2.45, 2.75) is 24.9 Å². The number of carboxylic acids is 2. The highest BCUT2D eigenvalue weighted by atomic mass is 19.2. The zero-order valence-electron chi connectivity index (χ0n) is 22.7. The van der Waals surface area contributed by atoms with Crippen molar-refractivity contribution in [1.29, 1.82) is 0 Å². The van der Waals surface area contributed by atoms with Crippen LogP contribution >= 0.6 is 0 Å². The molecule has 236 valence electrons. The van der Waals surface area contributed by atoms with Gasteiger partial charge in [0.05, 0.1) is 0 Å². The molecule has 2 aliphatic carbocycles. The summed E-state index contributed by atoms with van der Waals surface area (Å²) in [5.74, 6) is -31.8. The molecule has 0 aliphatic heterocycles. The van der Waals surface area contributed by atoms with E-state index >= 15 is 26.3 Å². The van der Waals surface area contributed by atoms with E-state index in [4.69, 9.17) is 0 Å². The van der Waals surface area contributed by atoms with Gasteiger partial charge < -0.3 is 14.9 Å². The van der Waals surface area contributed by atoms with Crippen molar-refractivity contribution in [3.63, 3.8) is 0 Å². The number of nitro groups is 2. The smallest absolute Gasteiger partial charge is 0.321 e. The topological polar surface area (TPSA) is 170 Å². The van der Waals surface area contributed by atoms with Crippen molar-refractivity contribution >= 4 is 11.9 Å². The lowest BCUT2D eigenvalue weighted by molar-refractivity contribution is -0.578. The van der Waals surface area contributed by atoms with Crippen LogP contribution < -0.4 is 0 Å². The molecule has 0 saturated carbocycles. The monoisotopic (exact) mass is 640 g/mol. The number of benzene rings is 2. The molecule has 4 atom stereocenters. The van der Waals surface area contributed by atoms with Crippen molar-refractivity contribution < 1.29 is 60.7 Å². The highest BCUT2D eigenvalue weighted by Crippen LogP contribution is 2.56. The first-order valence-corrected chi connectivity index (χ1v) is 12.5. The van der Waals surface area contributed by atoms with Gasteiger partial charge in [-0.15, -0.1) is 0 Å². The minimum atomic E-state index is -3.83. The second kappa shape index (κ2) is 11.2. The second-order valence-corrected chi connectivity index (χ2v) is 9.93. The highest BCUT2D eigenvalue weighted by molar-refractivity contribution is 5.79. The van der Waals surface area contributed by atoms with E-state index < -0.39 is 102 Å². The summed E-state index contributed by atoms with van der Waals surface area (Å²) in [4.78, 5) is 45.7. The number of aliphatic carboxylic acids is 2. The lowest BCUT2D eigenvalue weighted by Gasteiger charge is -2.35. The molecule has 2 N–H and O–H groups in total. The van der Waals surface area contributed by atoms with E-state index in [2.05, 4.69) is 4.74 Å². The van der Waals surface area contributed by atoms with E-state index in [1.54, 1.807) is 0 Å².